The SMILES string of the molecule is CC1(C)c2cc(C#N)ccc2Oc2ccc(-c3ccc(-c4cc(-c5ccc(-c6ccccc6)c6ccccc56)nc(-c5ccccc5)n4)cc3)cc21. The van der Waals surface area contributed by atoms with Crippen LogP contribution in [-0.4, -0.2) is 9.97 Å². The van der Waals surface area contributed by atoms with Gasteiger partial charge in [-0.25, -0.2) is 9.97 Å². The van der Waals surface area contributed by atoms with Crippen molar-refractivity contribution in [2.75, 3.05) is 0 Å². The molecule has 1 aliphatic rings. The number of hydrogen-bond acceptors (Lipinski definition) is 4. The molecule has 2 heterocycles. The molecule has 0 spiro atoms. The molecular formula is C48H33N3O. The van der Waals surface area contributed by atoms with Gasteiger partial charge in [-0.2, -0.15) is 5.26 Å². The lowest BCUT2D eigenvalue weighted by Gasteiger charge is -2.35. The van der Waals surface area contributed by atoms with Crippen LogP contribution >= 0.6 is 0 Å². The molecular weight excluding hydrogens is 635 g/mol. The number of rotatable bonds is 5. The van der Waals surface area contributed by atoms with E-state index in [4.69, 9.17) is 14.7 Å². The molecule has 0 unspecified atom stereocenters. The fourth-order valence-corrected chi connectivity index (χ4v) is 7.40. The molecule has 0 bridgehead atoms. The van der Waals surface area contributed by atoms with Crippen molar-refractivity contribution in [3.05, 3.63) is 180 Å². The minimum atomic E-state index is -0.333. The van der Waals surface area contributed by atoms with Crippen LogP contribution in [0.5, 0.6) is 11.5 Å². The molecule has 9 rings (SSSR count). The molecule has 0 saturated heterocycles. The van der Waals surface area contributed by atoms with Crippen molar-refractivity contribution in [3.63, 3.8) is 0 Å². The van der Waals surface area contributed by atoms with E-state index < -0.39 is 0 Å². The van der Waals surface area contributed by atoms with E-state index in [-0.39, 0.29) is 5.41 Å². The van der Waals surface area contributed by atoms with E-state index in [1.165, 1.54) is 16.5 Å². The van der Waals surface area contributed by atoms with Gasteiger partial charge in [-0.1, -0.05) is 141 Å². The third-order valence-electron chi connectivity index (χ3n) is 10.2. The first-order valence-corrected chi connectivity index (χ1v) is 17.5. The molecule has 4 heteroatoms. The molecule has 246 valence electrons. The molecule has 0 radical (unpaired) electrons. The monoisotopic (exact) mass is 667 g/mol. The Hall–Kier alpha value is -6.83. The van der Waals surface area contributed by atoms with E-state index in [0.717, 1.165) is 67.2 Å². The zero-order chi connectivity index (χ0) is 35.2. The zero-order valence-corrected chi connectivity index (χ0v) is 28.8. The van der Waals surface area contributed by atoms with Crippen LogP contribution in [0.4, 0.5) is 0 Å². The Kier molecular flexibility index (Phi) is 7.49. The molecule has 0 saturated carbocycles. The topological polar surface area (TPSA) is 58.8 Å². The van der Waals surface area contributed by atoms with Crippen molar-refractivity contribution in [1.82, 2.24) is 9.97 Å². The number of nitrogens with zero attached hydrogens (tertiary/aromatic N) is 3. The molecule has 1 aliphatic heterocycles. The maximum atomic E-state index is 9.54. The van der Waals surface area contributed by atoms with Crippen LogP contribution in [0.2, 0.25) is 0 Å². The first-order chi connectivity index (χ1) is 25.5. The van der Waals surface area contributed by atoms with E-state index in [2.05, 4.69) is 147 Å². The first-order valence-electron chi connectivity index (χ1n) is 17.5. The van der Waals surface area contributed by atoms with Gasteiger partial charge in [0.25, 0.3) is 0 Å². The van der Waals surface area contributed by atoms with Gasteiger partial charge in [0.15, 0.2) is 5.82 Å². The van der Waals surface area contributed by atoms with Gasteiger partial charge in [-0.15, -0.1) is 0 Å². The second-order valence-electron chi connectivity index (χ2n) is 13.7. The van der Waals surface area contributed by atoms with Crippen molar-refractivity contribution in [1.29, 1.82) is 5.26 Å². The molecule has 4 nitrogen and oxygen atoms in total. The lowest BCUT2D eigenvalue weighted by atomic mass is 9.74. The van der Waals surface area contributed by atoms with E-state index in [0.29, 0.717) is 11.4 Å². The predicted octanol–water partition coefficient (Wildman–Crippen LogP) is 12.3. The van der Waals surface area contributed by atoms with Gasteiger partial charge in [0.2, 0.25) is 0 Å². The van der Waals surface area contributed by atoms with Gasteiger partial charge in [-0.05, 0) is 69.4 Å². The molecule has 1 aromatic heterocycles. The third-order valence-corrected chi connectivity index (χ3v) is 10.2. The normalized spacial score (nSPS) is 12.7. The summed E-state index contributed by atoms with van der Waals surface area (Å²) in [6.45, 7) is 4.38. The number of aromatic nitrogens is 2. The highest BCUT2D eigenvalue weighted by Gasteiger charge is 2.34. The number of nitriles is 1. The molecule has 0 aliphatic carbocycles. The summed E-state index contributed by atoms with van der Waals surface area (Å²) in [7, 11) is 0. The summed E-state index contributed by atoms with van der Waals surface area (Å²) in [6, 6.07) is 58.7. The summed E-state index contributed by atoms with van der Waals surface area (Å²) in [5, 5.41) is 11.9. The number of fused-ring (bicyclic) bond motifs is 3. The van der Waals surface area contributed by atoms with Gasteiger partial charge < -0.3 is 4.74 Å². The molecule has 0 atom stereocenters. The van der Waals surface area contributed by atoms with Crippen molar-refractivity contribution in [2.45, 2.75) is 19.3 Å². The maximum Gasteiger partial charge on any atom is 0.160 e. The minimum Gasteiger partial charge on any atom is -0.457 e. The summed E-state index contributed by atoms with van der Waals surface area (Å²) < 4.78 is 6.31. The fourth-order valence-electron chi connectivity index (χ4n) is 7.40. The highest BCUT2D eigenvalue weighted by molar-refractivity contribution is 6.04. The first kappa shape index (κ1) is 31.2. The molecule has 52 heavy (non-hydrogen) atoms. The van der Waals surface area contributed by atoms with Crippen LogP contribution < -0.4 is 4.74 Å². The van der Waals surface area contributed by atoms with Crippen molar-refractivity contribution in [3.8, 4) is 73.7 Å². The highest BCUT2D eigenvalue weighted by Crippen LogP contribution is 2.49. The molecule has 8 aromatic rings. The minimum absolute atomic E-state index is 0.333. The van der Waals surface area contributed by atoms with Crippen molar-refractivity contribution < 1.29 is 4.74 Å². The van der Waals surface area contributed by atoms with Crippen molar-refractivity contribution >= 4 is 10.8 Å². The second kappa shape index (κ2) is 12.5. The van der Waals surface area contributed by atoms with E-state index in [9.17, 15) is 5.26 Å². The lowest BCUT2D eigenvalue weighted by Crippen LogP contribution is -2.24. The predicted molar refractivity (Wildman–Crippen MR) is 210 cm³/mol. The Morgan fingerprint density at radius 3 is 1.75 bits per heavy atom. The number of hydrogen-bond donors (Lipinski definition) is 0. The number of benzene rings is 7. The van der Waals surface area contributed by atoms with Gasteiger partial charge in [0.1, 0.15) is 11.5 Å². The molecule has 0 N–H and O–H groups in total. The zero-order valence-electron chi connectivity index (χ0n) is 28.8. The Morgan fingerprint density at radius 1 is 0.481 bits per heavy atom. The van der Waals surface area contributed by atoms with Crippen molar-refractivity contribution in [2.24, 2.45) is 0 Å². The van der Waals surface area contributed by atoms with Crippen LogP contribution in [0.15, 0.2) is 164 Å². The Labute approximate surface area is 303 Å². The largest absolute Gasteiger partial charge is 0.457 e. The van der Waals surface area contributed by atoms with E-state index >= 15 is 0 Å². The Morgan fingerprint density at radius 2 is 1.04 bits per heavy atom. The third kappa shape index (κ3) is 5.41. The van der Waals surface area contributed by atoms with Gasteiger partial charge in [-0.3, -0.25) is 0 Å². The van der Waals surface area contributed by atoms with Gasteiger partial charge >= 0.3 is 0 Å². The Balaban J connectivity index is 1.12. The summed E-state index contributed by atoms with van der Waals surface area (Å²) in [5.74, 6) is 2.33. The number of ether oxygens (including phenoxy) is 1. The lowest BCUT2D eigenvalue weighted by molar-refractivity contribution is 0.418. The van der Waals surface area contributed by atoms with E-state index in [1.54, 1.807) is 0 Å². The average Bonchev–Trinajstić information content (AvgIpc) is 3.21. The van der Waals surface area contributed by atoms with E-state index in [1.807, 2.05) is 36.4 Å². The summed E-state index contributed by atoms with van der Waals surface area (Å²) >= 11 is 0. The summed E-state index contributed by atoms with van der Waals surface area (Å²) in [6.07, 6.45) is 0. The van der Waals surface area contributed by atoms with Gasteiger partial charge in [0, 0.05) is 33.2 Å². The standard InChI is InChI=1S/C48H33N3O/c1-48(2)41-27-31(30-49)17-25-45(41)52-46-26-22-36(28-42(46)48)32-18-20-34(21-19-32)43-29-44(51-47(50-43)35-13-7-4-8-14-35)40-24-23-37(33-11-5-3-6-12-33)38-15-9-10-16-39(38)40/h3-29H,1-2H3. The summed E-state index contributed by atoms with van der Waals surface area (Å²) in [5.41, 5.74) is 11.8. The van der Waals surface area contributed by atoms with Crippen LogP contribution in [0.25, 0.3) is 66.9 Å². The second-order valence-corrected chi connectivity index (χ2v) is 13.7. The van der Waals surface area contributed by atoms with Crippen LogP contribution in [0.1, 0.15) is 30.5 Å². The Bertz CT molecular complexity index is 2670. The smallest absolute Gasteiger partial charge is 0.160 e. The quantitative estimate of drug-likeness (QED) is 0.183. The fraction of sp³-hybridized carbons (Fsp3) is 0.0625. The molecule has 0 amide bonds. The summed E-state index contributed by atoms with van der Waals surface area (Å²) in [4.78, 5) is 10.3. The maximum absolute atomic E-state index is 9.54. The average molecular weight is 668 g/mol. The molecule has 0 fully saturated rings. The van der Waals surface area contributed by atoms with Gasteiger partial charge in [0.05, 0.1) is 23.0 Å². The van der Waals surface area contributed by atoms with Crippen LogP contribution in [0, 0.1) is 11.3 Å². The van der Waals surface area contributed by atoms with Crippen LogP contribution in [0.3, 0.4) is 0 Å². The van der Waals surface area contributed by atoms with Crippen LogP contribution in [-0.2, 0) is 5.41 Å². The highest BCUT2D eigenvalue weighted by atomic mass is 16.5. The molecule has 7 aromatic carbocycles.